The van der Waals surface area contributed by atoms with E-state index >= 15 is 0 Å². The smallest absolute Gasteiger partial charge is 0.326 e. The lowest BCUT2D eigenvalue weighted by Crippen LogP contribution is -2.23. The number of aromatic nitrogens is 1. The molecule has 9 heteroatoms. The Kier molecular flexibility index (Phi) is 7.64. The maximum absolute atomic E-state index is 14.4. The van der Waals surface area contributed by atoms with Crippen molar-refractivity contribution in [2.45, 2.75) is 24.8 Å². The summed E-state index contributed by atoms with van der Waals surface area (Å²) in [5.74, 6) is 0.00166. The predicted molar refractivity (Wildman–Crippen MR) is 115 cm³/mol. The van der Waals surface area contributed by atoms with E-state index in [-0.39, 0.29) is 35.8 Å². The van der Waals surface area contributed by atoms with Crippen LogP contribution < -0.4 is 9.54 Å². The zero-order valence-electron chi connectivity index (χ0n) is 16.6. The number of methoxy groups -OCH3 is 1. The average Bonchev–Trinajstić information content (AvgIpc) is 3.06. The third kappa shape index (κ3) is 5.48. The fraction of sp³-hybridized carbons (Fsp3) is 0.286. The van der Waals surface area contributed by atoms with E-state index < -0.39 is 11.8 Å². The van der Waals surface area contributed by atoms with Gasteiger partial charge in [-0.05, 0) is 43.3 Å². The summed E-state index contributed by atoms with van der Waals surface area (Å²) in [7, 11) is 1.61. The zero-order valence-corrected chi connectivity index (χ0v) is 18.2. The minimum Gasteiger partial charge on any atom is -0.497 e. The molecule has 0 bridgehead atoms. The van der Waals surface area contributed by atoms with Gasteiger partial charge >= 0.3 is 5.97 Å². The van der Waals surface area contributed by atoms with Gasteiger partial charge in [0, 0.05) is 17.1 Å². The number of fused-ring (bicyclic) bond motifs is 1. The molecule has 2 aromatic carbocycles. The Labute approximate surface area is 181 Å². The maximum Gasteiger partial charge on any atom is 0.326 e. The highest BCUT2D eigenvalue weighted by Crippen LogP contribution is 2.22. The standard InChI is InChI=1S/C21H21FN2O4S2/c1-3-28-19(26)13-24-20-16(22)5-4-6-17(20)30-21(24)23-18(25)11-12-29-15-9-7-14(27-2)8-10-15/h4-10H,3,11-13H2,1-2H3. The fourth-order valence-electron chi connectivity index (χ4n) is 2.75. The molecule has 0 unspecified atom stereocenters. The summed E-state index contributed by atoms with van der Waals surface area (Å²) in [5, 5.41) is 0. The van der Waals surface area contributed by atoms with Crippen LogP contribution in [0.4, 0.5) is 4.39 Å². The topological polar surface area (TPSA) is 69.9 Å². The summed E-state index contributed by atoms with van der Waals surface area (Å²) in [5.41, 5.74) is 0.245. The van der Waals surface area contributed by atoms with Crippen LogP contribution in [0.3, 0.4) is 0 Å². The zero-order chi connectivity index (χ0) is 21.5. The van der Waals surface area contributed by atoms with Crippen molar-refractivity contribution in [3.8, 4) is 5.75 Å². The number of carbonyl (C=O) groups excluding carboxylic acids is 2. The molecule has 0 spiro atoms. The highest BCUT2D eigenvalue weighted by atomic mass is 32.2. The summed E-state index contributed by atoms with van der Waals surface area (Å²) < 4.78 is 26.5. The lowest BCUT2D eigenvalue weighted by atomic mass is 10.3. The van der Waals surface area contributed by atoms with Gasteiger partial charge < -0.3 is 14.0 Å². The van der Waals surface area contributed by atoms with E-state index in [0.29, 0.717) is 10.5 Å². The molecule has 0 atom stereocenters. The molecule has 1 aromatic heterocycles. The van der Waals surface area contributed by atoms with Gasteiger partial charge in [0.1, 0.15) is 18.1 Å². The van der Waals surface area contributed by atoms with Crippen molar-refractivity contribution in [3.63, 3.8) is 0 Å². The molecule has 6 nitrogen and oxygen atoms in total. The van der Waals surface area contributed by atoms with Crippen molar-refractivity contribution >= 4 is 45.2 Å². The number of thioether (sulfide) groups is 1. The van der Waals surface area contributed by atoms with Crippen molar-refractivity contribution in [2.75, 3.05) is 19.5 Å². The molecule has 0 fully saturated rings. The van der Waals surface area contributed by atoms with E-state index in [1.807, 2.05) is 24.3 Å². The van der Waals surface area contributed by atoms with Gasteiger partial charge in [0.15, 0.2) is 4.80 Å². The van der Waals surface area contributed by atoms with Crippen molar-refractivity contribution in [1.82, 2.24) is 4.57 Å². The molecular formula is C21H21FN2O4S2. The number of thiazole rings is 1. The largest absolute Gasteiger partial charge is 0.497 e. The summed E-state index contributed by atoms with van der Waals surface area (Å²) in [4.78, 5) is 29.8. The van der Waals surface area contributed by atoms with Crippen LogP contribution in [0.25, 0.3) is 10.2 Å². The number of amides is 1. The number of ether oxygens (including phenoxy) is 2. The highest BCUT2D eigenvalue weighted by Gasteiger charge is 2.15. The molecule has 0 saturated heterocycles. The van der Waals surface area contributed by atoms with E-state index in [2.05, 4.69) is 4.99 Å². The Hall–Kier alpha value is -2.65. The van der Waals surface area contributed by atoms with Gasteiger partial charge in [-0.3, -0.25) is 9.59 Å². The second-order valence-corrected chi connectivity index (χ2v) is 8.32. The second-order valence-electron chi connectivity index (χ2n) is 6.14. The van der Waals surface area contributed by atoms with Gasteiger partial charge in [0.05, 0.1) is 23.9 Å². The molecule has 1 amide bonds. The Balaban J connectivity index is 1.77. The minimum absolute atomic E-state index is 0.207. The van der Waals surface area contributed by atoms with Gasteiger partial charge in [0.25, 0.3) is 0 Å². The van der Waals surface area contributed by atoms with Crippen LogP contribution in [0.1, 0.15) is 13.3 Å². The van der Waals surface area contributed by atoms with Crippen molar-refractivity contribution < 1.29 is 23.5 Å². The number of hydrogen-bond acceptors (Lipinski definition) is 6. The lowest BCUT2D eigenvalue weighted by molar-refractivity contribution is -0.143. The Morgan fingerprint density at radius 3 is 2.67 bits per heavy atom. The van der Waals surface area contributed by atoms with E-state index in [1.165, 1.54) is 33.7 Å². The quantitative estimate of drug-likeness (QED) is 0.385. The van der Waals surface area contributed by atoms with E-state index in [9.17, 15) is 14.0 Å². The molecule has 0 aliphatic heterocycles. The second kappa shape index (κ2) is 10.4. The number of nitrogens with zero attached hydrogens (tertiary/aromatic N) is 2. The van der Waals surface area contributed by atoms with Crippen LogP contribution in [0.2, 0.25) is 0 Å². The molecular weight excluding hydrogens is 427 g/mol. The first kappa shape index (κ1) is 22.0. The van der Waals surface area contributed by atoms with Gasteiger partial charge in [-0.15, -0.1) is 11.8 Å². The van der Waals surface area contributed by atoms with Gasteiger partial charge in [-0.1, -0.05) is 17.4 Å². The third-order valence-electron chi connectivity index (χ3n) is 4.11. The molecule has 0 N–H and O–H groups in total. The van der Waals surface area contributed by atoms with Crippen LogP contribution >= 0.6 is 23.1 Å². The summed E-state index contributed by atoms with van der Waals surface area (Å²) in [6.07, 6.45) is 0.215. The molecule has 0 saturated carbocycles. The van der Waals surface area contributed by atoms with E-state index in [1.54, 1.807) is 26.2 Å². The molecule has 3 aromatic rings. The van der Waals surface area contributed by atoms with E-state index in [4.69, 9.17) is 9.47 Å². The number of hydrogen-bond donors (Lipinski definition) is 0. The Bertz CT molecular complexity index is 1110. The minimum atomic E-state index is -0.510. The van der Waals surface area contributed by atoms with Crippen molar-refractivity contribution in [1.29, 1.82) is 0 Å². The first-order valence-corrected chi connectivity index (χ1v) is 11.1. The predicted octanol–water partition coefficient (Wildman–Crippen LogP) is 4.02. The third-order valence-corrected chi connectivity index (χ3v) is 6.17. The van der Waals surface area contributed by atoms with Gasteiger partial charge in [0.2, 0.25) is 5.91 Å². The Morgan fingerprint density at radius 2 is 1.97 bits per heavy atom. The fourth-order valence-corrected chi connectivity index (χ4v) is 4.65. The summed E-state index contributed by atoms with van der Waals surface area (Å²) in [6.45, 7) is 1.71. The Morgan fingerprint density at radius 1 is 1.20 bits per heavy atom. The lowest BCUT2D eigenvalue weighted by Gasteiger charge is -2.05. The average molecular weight is 449 g/mol. The number of carbonyl (C=O) groups is 2. The maximum atomic E-state index is 14.4. The molecule has 158 valence electrons. The SMILES string of the molecule is CCOC(=O)Cn1c(=NC(=O)CCSc2ccc(OC)cc2)sc2cccc(F)c21. The highest BCUT2D eigenvalue weighted by molar-refractivity contribution is 7.99. The molecule has 3 rings (SSSR count). The van der Waals surface area contributed by atoms with Crippen LogP contribution in [0.5, 0.6) is 5.75 Å². The van der Waals surface area contributed by atoms with Crippen molar-refractivity contribution in [3.05, 3.63) is 53.1 Å². The van der Waals surface area contributed by atoms with Gasteiger partial charge in [-0.25, -0.2) is 4.39 Å². The molecule has 30 heavy (non-hydrogen) atoms. The summed E-state index contributed by atoms with van der Waals surface area (Å²) >= 11 is 2.70. The van der Waals surface area contributed by atoms with E-state index in [0.717, 1.165) is 10.6 Å². The number of rotatable bonds is 8. The normalized spacial score (nSPS) is 11.6. The number of benzene rings is 2. The van der Waals surface area contributed by atoms with Crippen LogP contribution in [0, 0.1) is 5.82 Å². The first-order chi connectivity index (χ1) is 14.5. The van der Waals surface area contributed by atoms with Crippen LogP contribution in [0.15, 0.2) is 52.4 Å². The molecule has 0 radical (unpaired) electrons. The van der Waals surface area contributed by atoms with Gasteiger partial charge in [-0.2, -0.15) is 4.99 Å². The molecule has 1 heterocycles. The number of esters is 1. The molecule has 0 aliphatic rings. The van der Waals surface area contributed by atoms with Crippen LogP contribution in [-0.4, -0.2) is 35.9 Å². The molecule has 0 aliphatic carbocycles. The number of para-hydroxylation sites is 1. The monoisotopic (exact) mass is 448 g/mol. The summed E-state index contributed by atoms with van der Waals surface area (Å²) in [6, 6.07) is 12.2. The van der Waals surface area contributed by atoms with Crippen molar-refractivity contribution in [2.24, 2.45) is 4.99 Å². The first-order valence-electron chi connectivity index (χ1n) is 9.29. The number of halogens is 1. The van der Waals surface area contributed by atoms with Crippen LogP contribution in [-0.2, 0) is 20.9 Å².